The lowest BCUT2D eigenvalue weighted by Gasteiger charge is -1.95. The summed E-state index contributed by atoms with van der Waals surface area (Å²) in [6.45, 7) is -0.727. The van der Waals surface area contributed by atoms with Crippen LogP contribution in [0.1, 0.15) is 14.9 Å². The molecule has 0 heterocycles. The first-order valence-corrected chi connectivity index (χ1v) is 1.70. The van der Waals surface area contributed by atoms with Crippen LogP contribution in [0.2, 0.25) is 0 Å². The van der Waals surface area contributed by atoms with Crippen molar-refractivity contribution < 1.29 is 20.1 Å². The molecule has 0 aliphatic carbocycles. The van der Waals surface area contributed by atoms with Crippen LogP contribution in [0.3, 0.4) is 0 Å². The second-order valence-electron chi connectivity index (χ2n) is 1.04. The van der Waals surface area contributed by atoms with Gasteiger partial charge in [-0.25, -0.2) is 4.79 Å². The zero-order valence-corrected chi connectivity index (χ0v) is 3.53. The number of carboxylic acids is 1. The van der Waals surface area contributed by atoms with E-state index in [0.717, 1.165) is 0 Å². The van der Waals surface area contributed by atoms with E-state index in [1.54, 1.807) is 0 Å². The Labute approximate surface area is 54.8 Å². The van der Waals surface area contributed by atoms with E-state index in [1.807, 2.05) is 0 Å². The van der Waals surface area contributed by atoms with E-state index in [2.05, 4.69) is 0 Å². The average molecular weight is 138 g/mol. The third-order valence-corrected chi connectivity index (χ3v) is 0.458. The molecule has 0 aromatic heterocycles. The SMILES string of the molecule is C.C.O=C(O)C(O)CO. The van der Waals surface area contributed by atoms with Gasteiger partial charge in [0.15, 0.2) is 6.10 Å². The number of hydrogen-bond donors (Lipinski definition) is 3. The van der Waals surface area contributed by atoms with Gasteiger partial charge >= 0.3 is 5.97 Å². The molecule has 4 heteroatoms. The van der Waals surface area contributed by atoms with Gasteiger partial charge in [0.2, 0.25) is 0 Å². The largest absolute Gasteiger partial charge is 0.479 e. The summed E-state index contributed by atoms with van der Waals surface area (Å²) in [5.41, 5.74) is 0. The van der Waals surface area contributed by atoms with Crippen LogP contribution in [0.15, 0.2) is 0 Å². The van der Waals surface area contributed by atoms with Crippen LogP contribution >= 0.6 is 0 Å². The Morgan fingerprint density at radius 1 is 1.44 bits per heavy atom. The fourth-order valence-electron chi connectivity index (χ4n) is 0.0781. The molecule has 9 heavy (non-hydrogen) atoms. The summed E-state index contributed by atoms with van der Waals surface area (Å²) < 4.78 is 0. The van der Waals surface area contributed by atoms with Gasteiger partial charge in [0.1, 0.15) is 0 Å². The van der Waals surface area contributed by atoms with Crippen LogP contribution in [0, 0.1) is 0 Å². The van der Waals surface area contributed by atoms with Crippen LogP contribution in [0.5, 0.6) is 0 Å². The number of hydrogen-bond acceptors (Lipinski definition) is 3. The zero-order valence-electron chi connectivity index (χ0n) is 3.53. The number of carbonyl (C=O) groups is 1. The molecular weight excluding hydrogens is 124 g/mol. The van der Waals surface area contributed by atoms with E-state index in [9.17, 15) is 4.79 Å². The Hall–Kier alpha value is -0.610. The van der Waals surface area contributed by atoms with E-state index in [1.165, 1.54) is 0 Å². The zero-order chi connectivity index (χ0) is 5.86. The van der Waals surface area contributed by atoms with Gasteiger partial charge in [-0.3, -0.25) is 0 Å². The summed E-state index contributed by atoms with van der Waals surface area (Å²) in [5, 5.41) is 23.7. The van der Waals surface area contributed by atoms with Gasteiger partial charge in [-0.15, -0.1) is 0 Å². The molecule has 1 unspecified atom stereocenters. The molecule has 1 atom stereocenters. The summed E-state index contributed by atoms with van der Waals surface area (Å²) in [5.74, 6) is -1.40. The van der Waals surface area contributed by atoms with Gasteiger partial charge in [-0.05, 0) is 0 Å². The van der Waals surface area contributed by atoms with Gasteiger partial charge in [-0.1, -0.05) is 14.9 Å². The van der Waals surface area contributed by atoms with Crippen molar-refractivity contribution in [2.24, 2.45) is 0 Å². The van der Waals surface area contributed by atoms with Crippen molar-refractivity contribution in [1.29, 1.82) is 0 Å². The lowest BCUT2D eigenvalue weighted by molar-refractivity contribution is -0.148. The molecule has 0 aromatic carbocycles. The third kappa shape index (κ3) is 7.39. The number of carboxylic acid groups (broad SMARTS) is 1. The third-order valence-electron chi connectivity index (χ3n) is 0.458. The molecule has 0 radical (unpaired) electrons. The first-order chi connectivity index (χ1) is 3.18. The van der Waals surface area contributed by atoms with Crippen LogP contribution in [0.4, 0.5) is 0 Å². The van der Waals surface area contributed by atoms with E-state index < -0.39 is 18.7 Å². The molecule has 0 bridgehead atoms. The minimum atomic E-state index is -1.63. The molecule has 0 amide bonds. The first-order valence-electron chi connectivity index (χ1n) is 1.70. The summed E-state index contributed by atoms with van der Waals surface area (Å²) in [6, 6.07) is 0. The molecule has 4 nitrogen and oxygen atoms in total. The Morgan fingerprint density at radius 2 is 1.78 bits per heavy atom. The molecular formula is C5H14O4. The van der Waals surface area contributed by atoms with Crippen molar-refractivity contribution in [2.45, 2.75) is 21.0 Å². The van der Waals surface area contributed by atoms with Gasteiger partial charge < -0.3 is 15.3 Å². The fourth-order valence-corrected chi connectivity index (χ4v) is 0.0781. The fraction of sp³-hybridized carbons (Fsp3) is 0.800. The quantitative estimate of drug-likeness (QED) is 0.489. The number of rotatable bonds is 2. The lowest BCUT2D eigenvalue weighted by atomic mass is 10.4. The lowest BCUT2D eigenvalue weighted by Crippen LogP contribution is -2.22. The normalized spacial score (nSPS) is 10.4. The van der Waals surface area contributed by atoms with E-state index in [4.69, 9.17) is 15.3 Å². The highest BCUT2D eigenvalue weighted by Gasteiger charge is 2.08. The van der Waals surface area contributed by atoms with Crippen LogP contribution in [-0.4, -0.2) is 34.0 Å². The minimum absolute atomic E-state index is 0. The topological polar surface area (TPSA) is 77.8 Å². The van der Waals surface area contributed by atoms with Crippen molar-refractivity contribution in [3.63, 3.8) is 0 Å². The van der Waals surface area contributed by atoms with Gasteiger partial charge in [-0.2, -0.15) is 0 Å². The molecule has 0 aromatic rings. The molecule has 58 valence electrons. The molecule has 0 saturated heterocycles. The highest BCUT2D eigenvalue weighted by molar-refractivity contribution is 5.71. The van der Waals surface area contributed by atoms with Crippen molar-refractivity contribution in [3.05, 3.63) is 0 Å². The summed E-state index contributed by atoms with van der Waals surface area (Å²) in [4.78, 5) is 9.52. The molecule has 3 N–H and O–H groups in total. The van der Waals surface area contributed by atoms with Crippen molar-refractivity contribution in [2.75, 3.05) is 6.61 Å². The van der Waals surface area contributed by atoms with Crippen molar-refractivity contribution >= 4 is 5.97 Å². The van der Waals surface area contributed by atoms with Crippen molar-refractivity contribution in [3.8, 4) is 0 Å². The molecule has 0 spiro atoms. The summed E-state index contributed by atoms with van der Waals surface area (Å²) >= 11 is 0. The molecule has 0 aliphatic heterocycles. The standard InChI is InChI=1S/C3H6O4.2CH4/c4-1-2(5)3(6)7;;/h2,4-5H,1H2,(H,6,7);2*1H4. The molecule has 0 saturated carbocycles. The van der Waals surface area contributed by atoms with E-state index in [0.29, 0.717) is 0 Å². The minimum Gasteiger partial charge on any atom is -0.479 e. The van der Waals surface area contributed by atoms with Crippen molar-refractivity contribution in [1.82, 2.24) is 0 Å². The van der Waals surface area contributed by atoms with Gasteiger partial charge in [0.25, 0.3) is 0 Å². The summed E-state index contributed by atoms with van der Waals surface area (Å²) in [6.07, 6.45) is -1.63. The molecule has 0 rings (SSSR count). The Bertz CT molecular complexity index is 71.4. The Balaban J connectivity index is -0.000000180. The maximum absolute atomic E-state index is 9.52. The smallest absolute Gasteiger partial charge is 0.334 e. The number of aliphatic carboxylic acids is 1. The monoisotopic (exact) mass is 138 g/mol. The van der Waals surface area contributed by atoms with Crippen LogP contribution in [0.25, 0.3) is 0 Å². The predicted octanol–water partition coefficient (Wildman–Crippen LogP) is -0.304. The molecule has 0 aliphatic rings. The molecule has 0 fully saturated rings. The summed E-state index contributed by atoms with van der Waals surface area (Å²) in [7, 11) is 0. The Morgan fingerprint density at radius 3 is 1.78 bits per heavy atom. The Kier molecular flexibility index (Phi) is 13.0. The van der Waals surface area contributed by atoms with E-state index >= 15 is 0 Å². The van der Waals surface area contributed by atoms with Gasteiger partial charge in [0, 0.05) is 0 Å². The maximum Gasteiger partial charge on any atom is 0.334 e. The van der Waals surface area contributed by atoms with E-state index in [-0.39, 0.29) is 14.9 Å². The van der Waals surface area contributed by atoms with Crippen LogP contribution in [-0.2, 0) is 4.79 Å². The van der Waals surface area contributed by atoms with Crippen LogP contribution < -0.4 is 0 Å². The highest BCUT2D eigenvalue weighted by atomic mass is 16.4. The number of aliphatic hydroxyl groups is 2. The average Bonchev–Trinajstić information content (AvgIpc) is 1.65. The number of aliphatic hydroxyl groups excluding tert-OH is 2. The second-order valence-corrected chi connectivity index (χ2v) is 1.04. The first kappa shape index (κ1) is 15.8. The van der Waals surface area contributed by atoms with Gasteiger partial charge in [0.05, 0.1) is 6.61 Å². The highest BCUT2D eigenvalue weighted by Crippen LogP contribution is 1.75. The second kappa shape index (κ2) is 7.39. The maximum atomic E-state index is 9.52. The predicted molar refractivity (Wildman–Crippen MR) is 34.2 cm³/mol.